The van der Waals surface area contributed by atoms with E-state index < -0.39 is 0 Å². The maximum atomic E-state index is 6.04. The number of anilines is 1. The Morgan fingerprint density at radius 1 is 1.19 bits per heavy atom. The molecule has 0 amide bonds. The molecule has 2 aromatic carbocycles. The van der Waals surface area contributed by atoms with Crippen molar-refractivity contribution in [1.29, 1.82) is 0 Å². The van der Waals surface area contributed by atoms with Gasteiger partial charge in [-0.2, -0.15) is 0 Å². The van der Waals surface area contributed by atoms with Gasteiger partial charge in [0.15, 0.2) is 5.96 Å². The maximum absolute atomic E-state index is 6.04. The summed E-state index contributed by atoms with van der Waals surface area (Å²) in [6.07, 6.45) is -0.124. The van der Waals surface area contributed by atoms with Crippen LogP contribution in [0, 0.1) is 0 Å². The average molecular weight is 304 g/mol. The lowest BCUT2D eigenvalue weighted by Crippen LogP contribution is -2.25. The van der Waals surface area contributed by atoms with Crippen LogP contribution in [0.5, 0.6) is 5.75 Å². The molecule has 0 bridgehead atoms. The van der Waals surface area contributed by atoms with Crippen LogP contribution in [0.25, 0.3) is 0 Å². The smallest absolute Gasteiger partial charge is 0.193 e. The number of hydrogen-bond donors (Lipinski definition) is 2. The van der Waals surface area contributed by atoms with E-state index >= 15 is 0 Å². The number of hydrogen-bond acceptors (Lipinski definition) is 2. The number of aliphatic imine (C=N–C) groups is 1. The minimum Gasteiger partial charge on any atom is -0.487 e. The molecular formula is C16H18ClN3O. The van der Waals surface area contributed by atoms with Crippen LogP contribution in [0.4, 0.5) is 5.69 Å². The molecule has 0 radical (unpaired) electrons. The van der Waals surface area contributed by atoms with Gasteiger partial charge in [-0.1, -0.05) is 41.9 Å². The predicted molar refractivity (Wildman–Crippen MR) is 88.1 cm³/mol. The summed E-state index contributed by atoms with van der Waals surface area (Å²) in [5.74, 6) is 1.01. The molecule has 0 spiro atoms. The Labute approximate surface area is 129 Å². The van der Waals surface area contributed by atoms with E-state index in [9.17, 15) is 0 Å². The van der Waals surface area contributed by atoms with Crippen LogP contribution in [-0.4, -0.2) is 18.6 Å². The van der Waals surface area contributed by atoms with Crippen LogP contribution in [-0.2, 0) is 0 Å². The third-order valence-corrected chi connectivity index (χ3v) is 3.04. The molecule has 0 aliphatic carbocycles. The zero-order valence-electron chi connectivity index (χ0n) is 11.8. The highest BCUT2D eigenvalue weighted by atomic mass is 35.5. The molecule has 0 aromatic heterocycles. The summed E-state index contributed by atoms with van der Waals surface area (Å²) in [6, 6.07) is 17.0. The van der Waals surface area contributed by atoms with E-state index in [1.54, 1.807) is 6.07 Å². The van der Waals surface area contributed by atoms with Crippen molar-refractivity contribution in [3.05, 3.63) is 59.6 Å². The summed E-state index contributed by atoms with van der Waals surface area (Å²) in [5, 5.41) is 3.61. The molecule has 2 rings (SSSR count). The van der Waals surface area contributed by atoms with Crippen molar-refractivity contribution in [1.82, 2.24) is 0 Å². The monoisotopic (exact) mass is 303 g/mol. The largest absolute Gasteiger partial charge is 0.487 e. The number of nitrogens with zero attached hydrogens (tertiary/aromatic N) is 1. The summed E-state index contributed by atoms with van der Waals surface area (Å²) in [6.45, 7) is 2.36. The molecule has 3 N–H and O–H groups in total. The van der Waals surface area contributed by atoms with Gasteiger partial charge in [0.1, 0.15) is 11.9 Å². The number of guanidine groups is 1. The molecule has 0 saturated heterocycles. The van der Waals surface area contributed by atoms with Crippen LogP contribution in [0.1, 0.15) is 6.92 Å². The van der Waals surface area contributed by atoms with E-state index in [2.05, 4.69) is 10.3 Å². The normalized spacial score (nSPS) is 12.8. The number of rotatable bonds is 5. The van der Waals surface area contributed by atoms with Crippen molar-refractivity contribution in [2.24, 2.45) is 10.7 Å². The van der Waals surface area contributed by atoms with E-state index in [4.69, 9.17) is 22.1 Å². The first-order valence-electron chi connectivity index (χ1n) is 6.68. The van der Waals surface area contributed by atoms with Crippen LogP contribution < -0.4 is 15.8 Å². The number of halogens is 1. The molecule has 21 heavy (non-hydrogen) atoms. The zero-order chi connectivity index (χ0) is 15.1. The molecular weight excluding hydrogens is 286 g/mol. The van der Waals surface area contributed by atoms with Crippen molar-refractivity contribution >= 4 is 23.2 Å². The standard InChI is InChI=1S/C16H18ClN3O/c1-12(21-15-10-6-5-9-14(15)17)11-19-16(18)20-13-7-3-2-4-8-13/h2-10,12H,11H2,1H3,(H3,18,19,20). The average Bonchev–Trinajstić information content (AvgIpc) is 2.49. The lowest BCUT2D eigenvalue weighted by atomic mass is 10.3. The van der Waals surface area contributed by atoms with Crippen LogP contribution >= 0.6 is 11.6 Å². The van der Waals surface area contributed by atoms with Crippen LogP contribution in [0.15, 0.2) is 59.6 Å². The van der Waals surface area contributed by atoms with Crippen molar-refractivity contribution < 1.29 is 4.74 Å². The molecule has 0 heterocycles. The Morgan fingerprint density at radius 2 is 1.86 bits per heavy atom. The molecule has 0 aliphatic heterocycles. The van der Waals surface area contributed by atoms with Gasteiger partial charge < -0.3 is 15.8 Å². The summed E-state index contributed by atoms with van der Waals surface area (Å²) in [7, 11) is 0. The van der Waals surface area contributed by atoms with E-state index in [0.717, 1.165) is 5.69 Å². The Morgan fingerprint density at radius 3 is 2.57 bits per heavy atom. The quantitative estimate of drug-likeness (QED) is 0.656. The number of nitrogens with one attached hydrogen (secondary N) is 1. The van der Waals surface area contributed by atoms with Gasteiger partial charge in [0.05, 0.1) is 11.6 Å². The molecule has 1 unspecified atom stereocenters. The fourth-order valence-corrected chi connectivity index (χ4v) is 1.91. The first-order valence-corrected chi connectivity index (χ1v) is 7.06. The Bertz CT molecular complexity index is 601. The summed E-state index contributed by atoms with van der Waals surface area (Å²) in [5.41, 5.74) is 6.74. The van der Waals surface area contributed by atoms with Crippen LogP contribution in [0.3, 0.4) is 0 Å². The molecule has 0 saturated carbocycles. The molecule has 0 fully saturated rings. The summed E-state index contributed by atoms with van der Waals surface area (Å²) in [4.78, 5) is 4.26. The Hall–Kier alpha value is -2.20. The van der Waals surface area contributed by atoms with Gasteiger partial charge >= 0.3 is 0 Å². The predicted octanol–water partition coefficient (Wildman–Crippen LogP) is 3.53. The van der Waals surface area contributed by atoms with E-state index in [0.29, 0.717) is 23.3 Å². The molecule has 4 nitrogen and oxygen atoms in total. The van der Waals surface area contributed by atoms with Crippen molar-refractivity contribution in [2.75, 3.05) is 11.9 Å². The lowest BCUT2D eigenvalue weighted by molar-refractivity contribution is 0.230. The molecule has 5 heteroatoms. The second kappa shape index (κ2) is 7.55. The van der Waals surface area contributed by atoms with Crippen LogP contribution in [0.2, 0.25) is 5.02 Å². The van der Waals surface area contributed by atoms with Gasteiger partial charge in [-0.15, -0.1) is 0 Å². The fourth-order valence-electron chi connectivity index (χ4n) is 1.73. The fraction of sp³-hybridized carbons (Fsp3) is 0.188. The second-order valence-corrected chi connectivity index (χ2v) is 4.98. The van der Waals surface area contributed by atoms with Gasteiger partial charge in [0, 0.05) is 5.69 Å². The first kappa shape index (κ1) is 15.2. The summed E-state index contributed by atoms with van der Waals surface area (Å²) >= 11 is 6.04. The number of para-hydroxylation sites is 2. The Balaban J connectivity index is 1.86. The number of benzene rings is 2. The van der Waals surface area contributed by atoms with Gasteiger partial charge in [-0.05, 0) is 31.2 Å². The van der Waals surface area contributed by atoms with Gasteiger partial charge in [0.25, 0.3) is 0 Å². The van der Waals surface area contributed by atoms with Gasteiger partial charge in [0.2, 0.25) is 0 Å². The van der Waals surface area contributed by atoms with E-state index in [1.807, 2.05) is 55.5 Å². The third kappa shape index (κ3) is 5.00. The van der Waals surface area contributed by atoms with Crippen molar-refractivity contribution in [2.45, 2.75) is 13.0 Å². The first-order chi connectivity index (χ1) is 10.1. The molecule has 1 atom stereocenters. The number of ether oxygens (including phenoxy) is 1. The van der Waals surface area contributed by atoms with E-state index in [1.165, 1.54) is 0 Å². The Kier molecular flexibility index (Phi) is 5.46. The van der Waals surface area contributed by atoms with Gasteiger partial charge in [-0.25, -0.2) is 4.99 Å². The molecule has 110 valence electrons. The van der Waals surface area contributed by atoms with E-state index in [-0.39, 0.29) is 6.10 Å². The number of nitrogens with two attached hydrogens (primary N) is 1. The lowest BCUT2D eigenvalue weighted by Gasteiger charge is -2.14. The zero-order valence-corrected chi connectivity index (χ0v) is 12.5. The minimum absolute atomic E-state index is 0.124. The maximum Gasteiger partial charge on any atom is 0.193 e. The molecule has 2 aromatic rings. The third-order valence-electron chi connectivity index (χ3n) is 2.73. The highest BCUT2D eigenvalue weighted by Crippen LogP contribution is 2.24. The summed E-state index contributed by atoms with van der Waals surface area (Å²) < 4.78 is 5.72. The highest BCUT2D eigenvalue weighted by molar-refractivity contribution is 6.32. The SMILES string of the molecule is CC(CN=C(N)Nc1ccccc1)Oc1ccccc1Cl. The van der Waals surface area contributed by atoms with Gasteiger partial charge in [-0.3, -0.25) is 0 Å². The second-order valence-electron chi connectivity index (χ2n) is 4.58. The molecule has 0 aliphatic rings. The minimum atomic E-state index is -0.124. The topological polar surface area (TPSA) is 59.6 Å². The van der Waals surface area contributed by atoms with Crippen molar-refractivity contribution in [3.63, 3.8) is 0 Å². The van der Waals surface area contributed by atoms with Crippen molar-refractivity contribution in [3.8, 4) is 5.75 Å². The highest BCUT2D eigenvalue weighted by Gasteiger charge is 2.06.